The van der Waals surface area contributed by atoms with Crippen LogP contribution in [0.3, 0.4) is 0 Å². The first-order valence-electron chi connectivity index (χ1n) is 13.3. The molecule has 4 aromatic carbocycles. The van der Waals surface area contributed by atoms with Gasteiger partial charge in [0, 0.05) is 12.1 Å². The van der Waals surface area contributed by atoms with E-state index in [1.165, 1.54) is 0 Å². The third-order valence-corrected chi connectivity index (χ3v) is 7.41. The number of nitrogens with zero attached hydrogens (tertiary/aromatic N) is 1. The Morgan fingerprint density at radius 1 is 0.900 bits per heavy atom. The van der Waals surface area contributed by atoms with Gasteiger partial charge in [-0.25, -0.2) is 0 Å². The van der Waals surface area contributed by atoms with Crippen LogP contribution < -0.4 is 23.7 Å². The molecule has 6 rings (SSSR count). The van der Waals surface area contributed by atoms with Gasteiger partial charge in [-0.2, -0.15) is 0 Å². The topological polar surface area (TPSA) is 66.5 Å². The van der Waals surface area contributed by atoms with Gasteiger partial charge < -0.3 is 28.6 Å². The van der Waals surface area contributed by atoms with Gasteiger partial charge in [-0.05, 0) is 72.0 Å². The smallest absolute Gasteiger partial charge is 0.254 e. The highest BCUT2D eigenvalue weighted by atomic mass is 16.7. The number of hydrogen-bond acceptors (Lipinski definition) is 6. The summed E-state index contributed by atoms with van der Waals surface area (Å²) < 4.78 is 29.2. The second-order valence-corrected chi connectivity index (χ2v) is 9.95. The highest BCUT2D eigenvalue weighted by Crippen LogP contribution is 2.47. The Hall–Kier alpha value is -4.65. The summed E-state index contributed by atoms with van der Waals surface area (Å²) >= 11 is 0. The number of amides is 1. The van der Waals surface area contributed by atoms with Crippen molar-refractivity contribution in [1.82, 2.24) is 4.90 Å². The van der Waals surface area contributed by atoms with Gasteiger partial charge in [0.1, 0.15) is 6.61 Å². The predicted molar refractivity (Wildman–Crippen MR) is 151 cm³/mol. The van der Waals surface area contributed by atoms with Crippen LogP contribution in [0.4, 0.5) is 0 Å². The fourth-order valence-electron chi connectivity index (χ4n) is 5.46. The Morgan fingerprint density at radius 2 is 1.62 bits per heavy atom. The van der Waals surface area contributed by atoms with Gasteiger partial charge in [0.2, 0.25) is 12.5 Å². The van der Waals surface area contributed by atoms with Gasteiger partial charge in [-0.15, -0.1) is 0 Å². The summed E-state index contributed by atoms with van der Waals surface area (Å²) in [4.78, 5) is 15.9. The molecule has 0 aliphatic carbocycles. The summed E-state index contributed by atoms with van der Waals surface area (Å²) in [5.41, 5.74) is 5.66. The zero-order chi connectivity index (χ0) is 27.6. The zero-order valence-corrected chi connectivity index (χ0v) is 22.8. The average molecular weight is 538 g/mol. The SMILES string of the molecule is COc1cc(C2c3cc4c(cc3CCN2C(=O)c2cccc(C)c2)OCO4)cc(OC)c1OCc1ccccc1. The molecule has 204 valence electrons. The van der Waals surface area contributed by atoms with Crippen molar-refractivity contribution in [2.45, 2.75) is 26.0 Å². The molecular formula is C33H31NO6. The Labute approximate surface area is 233 Å². The van der Waals surface area contributed by atoms with Crippen molar-refractivity contribution in [1.29, 1.82) is 0 Å². The minimum atomic E-state index is -0.405. The van der Waals surface area contributed by atoms with E-state index in [9.17, 15) is 4.79 Å². The first-order valence-corrected chi connectivity index (χ1v) is 13.3. The van der Waals surface area contributed by atoms with Crippen LogP contribution in [-0.2, 0) is 13.0 Å². The largest absolute Gasteiger partial charge is 0.493 e. The molecule has 1 amide bonds. The van der Waals surface area contributed by atoms with E-state index in [1.807, 2.05) is 90.7 Å². The number of methoxy groups -OCH3 is 2. The number of carbonyl (C=O) groups excluding carboxylic acids is 1. The molecule has 7 nitrogen and oxygen atoms in total. The Kier molecular flexibility index (Phi) is 6.95. The third-order valence-electron chi connectivity index (χ3n) is 7.41. The van der Waals surface area contributed by atoms with Crippen LogP contribution in [0.1, 0.15) is 44.2 Å². The number of benzene rings is 4. The lowest BCUT2D eigenvalue weighted by atomic mass is 9.86. The van der Waals surface area contributed by atoms with Crippen molar-refractivity contribution in [2.75, 3.05) is 27.6 Å². The first-order chi connectivity index (χ1) is 19.6. The van der Waals surface area contributed by atoms with Crippen LogP contribution in [-0.4, -0.2) is 38.4 Å². The van der Waals surface area contributed by atoms with Gasteiger partial charge in [-0.3, -0.25) is 4.79 Å². The van der Waals surface area contributed by atoms with Crippen molar-refractivity contribution < 1.29 is 28.5 Å². The van der Waals surface area contributed by atoms with Gasteiger partial charge in [0.05, 0.1) is 20.3 Å². The van der Waals surface area contributed by atoms with Crippen molar-refractivity contribution in [2.24, 2.45) is 0 Å². The van der Waals surface area contributed by atoms with Crippen LogP contribution in [0.2, 0.25) is 0 Å². The lowest BCUT2D eigenvalue weighted by Crippen LogP contribution is -2.40. The van der Waals surface area contributed by atoms with Crippen LogP contribution in [0.25, 0.3) is 0 Å². The monoisotopic (exact) mass is 537 g/mol. The third kappa shape index (κ3) is 4.79. The summed E-state index contributed by atoms with van der Waals surface area (Å²) in [5, 5.41) is 0. The van der Waals surface area contributed by atoms with E-state index in [4.69, 9.17) is 23.7 Å². The summed E-state index contributed by atoms with van der Waals surface area (Å²) in [7, 11) is 3.22. The number of hydrogen-bond donors (Lipinski definition) is 0. The Bertz CT molecular complexity index is 1530. The highest BCUT2D eigenvalue weighted by molar-refractivity contribution is 5.95. The van der Waals surface area contributed by atoms with E-state index < -0.39 is 6.04 Å². The molecule has 1 atom stereocenters. The Balaban J connectivity index is 1.45. The molecule has 2 heterocycles. The zero-order valence-electron chi connectivity index (χ0n) is 22.8. The molecule has 0 radical (unpaired) electrons. The van der Waals surface area contributed by atoms with Crippen molar-refractivity contribution >= 4 is 5.91 Å². The quantitative estimate of drug-likeness (QED) is 0.284. The predicted octanol–water partition coefficient (Wildman–Crippen LogP) is 6.11. The summed E-state index contributed by atoms with van der Waals surface area (Å²) in [5.74, 6) is 2.93. The van der Waals surface area contributed by atoms with E-state index >= 15 is 0 Å². The Morgan fingerprint density at radius 3 is 2.33 bits per heavy atom. The maximum Gasteiger partial charge on any atom is 0.254 e. The van der Waals surface area contributed by atoms with Crippen LogP contribution in [0.5, 0.6) is 28.7 Å². The summed E-state index contributed by atoms with van der Waals surface area (Å²) in [6, 6.07) is 25.1. The van der Waals surface area contributed by atoms with Gasteiger partial charge >= 0.3 is 0 Å². The standard InChI is InChI=1S/C33H31NO6/c1-21-8-7-11-24(14-21)33(35)34-13-12-23-15-27-28(40-20-39-27)18-26(23)31(34)25-16-29(36-2)32(30(17-25)37-3)38-19-22-9-5-4-6-10-22/h4-11,14-18,31H,12-13,19-20H2,1-3H3. The molecule has 2 aliphatic rings. The molecule has 0 saturated heterocycles. The lowest BCUT2D eigenvalue weighted by Gasteiger charge is -2.38. The first kappa shape index (κ1) is 25.6. The maximum atomic E-state index is 14.0. The van der Waals surface area contributed by atoms with E-state index in [2.05, 4.69) is 0 Å². The van der Waals surface area contributed by atoms with Crippen molar-refractivity contribution in [3.05, 3.63) is 112 Å². The molecule has 0 fully saturated rings. The minimum absolute atomic E-state index is 0.0423. The molecule has 4 aromatic rings. The fraction of sp³-hybridized carbons (Fsp3) is 0.242. The normalized spacial score (nSPS) is 15.4. The van der Waals surface area contributed by atoms with E-state index in [0.29, 0.717) is 48.1 Å². The van der Waals surface area contributed by atoms with Gasteiger partial charge in [0.25, 0.3) is 5.91 Å². The molecule has 0 spiro atoms. The lowest BCUT2D eigenvalue weighted by molar-refractivity contribution is 0.0693. The van der Waals surface area contributed by atoms with Crippen molar-refractivity contribution in [3.8, 4) is 28.7 Å². The number of carbonyl (C=O) groups is 1. The number of rotatable bonds is 7. The number of ether oxygens (including phenoxy) is 5. The van der Waals surface area contributed by atoms with Gasteiger partial charge in [-0.1, -0.05) is 48.0 Å². The summed E-state index contributed by atoms with van der Waals surface area (Å²) in [6.45, 7) is 3.08. The van der Waals surface area contributed by atoms with Crippen molar-refractivity contribution in [3.63, 3.8) is 0 Å². The maximum absolute atomic E-state index is 14.0. The second kappa shape index (κ2) is 10.8. The highest BCUT2D eigenvalue weighted by Gasteiger charge is 2.36. The molecule has 0 aromatic heterocycles. The van der Waals surface area contributed by atoms with E-state index in [-0.39, 0.29) is 12.7 Å². The second-order valence-electron chi connectivity index (χ2n) is 9.95. The van der Waals surface area contributed by atoms with Crippen LogP contribution >= 0.6 is 0 Å². The average Bonchev–Trinajstić information content (AvgIpc) is 3.45. The minimum Gasteiger partial charge on any atom is -0.493 e. The van der Waals surface area contributed by atoms with Crippen LogP contribution in [0, 0.1) is 6.92 Å². The van der Waals surface area contributed by atoms with E-state index in [0.717, 1.165) is 33.6 Å². The summed E-state index contributed by atoms with van der Waals surface area (Å²) in [6.07, 6.45) is 0.701. The molecule has 40 heavy (non-hydrogen) atoms. The number of fused-ring (bicyclic) bond motifs is 2. The molecule has 2 aliphatic heterocycles. The molecule has 7 heteroatoms. The molecule has 1 unspecified atom stereocenters. The van der Waals surface area contributed by atoms with E-state index in [1.54, 1.807) is 14.2 Å². The fourth-order valence-corrected chi connectivity index (χ4v) is 5.46. The number of aryl methyl sites for hydroxylation is 1. The molecule has 0 bridgehead atoms. The van der Waals surface area contributed by atoms with Crippen LogP contribution in [0.15, 0.2) is 78.9 Å². The molecular weight excluding hydrogens is 506 g/mol. The van der Waals surface area contributed by atoms with Gasteiger partial charge in [0.15, 0.2) is 23.0 Å². The molecule has 0 saturated carbocycles. The molecule has 0 N–H and O–H groups in total.